The first kappa shape index (κ1) is 10.8. The Bertz CT molecular complexity index is 68.8. The summed E-state index contributed by atoms with van der Waals surface area (Å²) in [6.07, 6.45) is 0.306. The van der Waals surface area contributed by atoms with Gasteiger partial charge in [0.05, 0.1) is 19.8 Å². The molecule has 0 amide bonds. The SMILES string of the molecule is CCCOC(CO)OCCO. The zero-order chi connectivity index (χ0) is 8.53. The summed E-state index contributed by atoms with van der Waals surface area (Å²) in [5.41, 5.74) is 0. The highest BCUT2D eigenvalue weighted by molar-refractivity contribution is 4.39. The van der Waals surface area contributed by atoms with Gasteiger partial charge < -0.3 is 19.7 Å². The lowest BCUT2D eigenvalue weighted by atomic mass is 10.5. The van der Waals surface area contributed by atoms with Crippen LogP contribution >= 0.6 is 0 Å². The minimum atomic E-state index is -0.581. The van der Waals surface area contributed by atoms with Gasteiger partial charge in [0.25, 0.3) is 0 Å². The minimum absolute atomic E-state index is 0.0496. The molecule has 1 atom stereocenters. The molecule has 0 aromatic rings. The summed E-state index contributed by atoms with van der Waals surface area (Å²) < 4.78 is 9.98. The fraction of sp³-hybridized carbons (Fsp3) is 1.00. The smallest absolute Gasteiger partial charge is 0.180 e. The molecule has 0 rings (SSSR count). The lowest BCUT2D eigenvalue weighted by molar-refractivity contribution is -0.166. The molecule has 1 unspecified atom stereocenters. The van der Waals surface area contributed by atoms with E-state index in [0.29, 0.717) is 6.61 Å². The zero-order valence-electron chi connectivity index (χ0n) is 6.82. The van der Waals surface area contributed by atoms with E-state index in [1.54, 1.807) is 0 Å². The van der Waals surface area contributed by atoms with Crippen LogP contribution in [-0.2, 0) is 9.47 Å². The summed E-state index contributed by atoms with van der Waals surface area (Å²) in [6.45, 7) is 2.53. The van der Waals surface area contributed by atoms with Crippen LogP contribution in [0.5, 0.6) is 0 Å². The van der Waals surface area contributed by atoms with Crippen molar-refractivity contribution in [3.8, 4) is 0 Å². The monoisotopic (exact) mass is 164 g/mol. The Morgan fingerprint density at radius 3 is 2.27 bits per heavy atom. The maximum Gasteiger partial charge on any atom is 0.180 e. The molecule has 2 N–H and O–H groups in total. The molecule has 68 valence electrons. The second-order valence-electron chi connectivity index (χ2n) is 2.08. The van der Waals surface area contributed by atoms with Crippen molar-refractivity contribution in [2.24, 2.45) is 0 Å². The average Bonchev–Trinajstić information content (AvgIpc) is 2.05. The van der Waals surface area contributed by atoms with Crippen LogP contribution in [0.15, 0.2) is 0 Å². The maximum absolute atomic E-state index is 8.65. The zero-order valence-corrected chi connectivity index (χ0v) is 6.82. The molecule has 4 heteroatoms. The Balaban J connectivity index is 3.25. The largest absolute Gasteiger partial charge is 0.394 e. The topological polar surface area (TPSA) is 58.9 Å². The van der Waals surface area contributed by atoms with E-state index in [1.807, 2.05) is 6.92 Å². The Kier molecular flexibility index (Phi) is 7.83. The number of rotatable bonds is 7. The van der Waals surface area contributed by atoms with E-state index in [0.717, 1.165) is 6.42 Å². The molecule has 0 spiro atoms. The predicted octanol–water partition coefficient (Wildman–Crippen LogP) is -0.260. The third-order valence-corrected chi connectivity index (χ3v) is 1.05. The maximum atomic E-state index is 8.65. The van der Waals surface area contributed by atoms with Gasteiger partial charge >= 0.3 is 0 Å². The van der Waals surface area contributed by atoms with Crippen LogP contribution in [0.25, 0.3) is 0 Å². The van der Waals surface area contributed by atoms with Crippen LogP contribution in [0.3, 0.4) is 0 Å². The first-order valence-electron chi connectivity index (χ1n) is 3.80. The molecule has 11 heavy (non-hydrogen) atoms. The molecule has 0 saturated carbocycles. The van der Waals surface area contributed by atoms with Gasteiger partial charge in [-0.3, -0.25) is 0 Å². The van der Waals surface area contributed by atoms with Crippen molar-refractivity contribution in [3.05, 3.63) is 0 Å². The molecule has 0 aliphatic carbocycles. The van der Waals surface area contributed by atoms with Crippen LogP contribution in [0.2, 0.25) is 0 Å². The molecular formula is C7H16O4. The molecule has 0 fully saturated rings. The van der Waals surface area contributed by atoms with Crippen molar-refractivity contribution < 1.29 is 19.7 Å². The summed E-state index contributed by atoms with van der Waals surface area (Å²) >= 11 is 0. The van der Waals surface area contributed by atoms with Crippen molar-refractivity contribution in [2.45, 2.75) is 19.6 Å². The van der Waals surface area contributed by atoms with Crippen LogP contribution < -0.4 is 0 Å². The number of aliphatic hydroxyl groups excluding tert-OH is 2. The van der Waals surface area contributed by atoms with E-state index in [9.17, 15) is 0 Å². The summed E-state index contributed by atoms with van der Waals surface area (Å²) in [7, 11) is 0. The van der Waals surface area contributed by atoms with E-state index in [4.69, 9.17) is 19.7 Å². The first-order chi connectivity index (χ1) is 5.35. The van der Waals surface area contributed by atoms with Gasteiger partial charge in [-0.1, -0.05) is 6.92 Å². The Hall–Kier alpha value is -0.160. The van der Waals surface area contributed by atoms with E-state index in [2.05, 4.69) is 0 Å². The molecule has 0 heterocycles. The Labute approximate surface area is 66.7 Å². The summed E-state index contributed by atoms with van der Waals surface area (Å²) in [4.78, 5) is 0. The standard InChI is InChI=1S/C7H16O4/c1-2-4-10-7(6-9)11-5-3-8/h7-9H,2-6H2,1H3. The van der Waals surface area contributed by atoms with Crippen molar-refractivity contribution in [2.75, 3.05) is 26.4 Å². The third-order valence-electron chi connectivity index (χ3n) is 1.05. The van der Waals surface area contributed by atoms with Gasteiger partial charge in [0.1, 0.15) is 0 Å². The summed E-state index contributed by atoms with van der Waals surface area (Å²) in [6, 6.07) is 0. The van der Waals surface area contributed by atoms with Crippen LogP contribution in [0.4, 0.5) is 0 Å². The second-order valence-corrected chi connectivity index (χ2v) is 2.08. The second kappa shape index (κ2) is 7.94. The number of ether oxygens (including phenoxy) is 2. The first-order valence-corrected chi connectivity index (χ1v) is 3.80. The van der Waals surface area contributed by atoms with Gasteiger partial charge in [-0.25, -0.2) is 0 Å². The highest BCUT2D eigenvalue weighted by Gasteiger charge is 2.05. The van der Waals surface area contributed by atoms with E-state index in [1.165, 1.54) is 0 Å². The molecule has 0 radical (unpaired) electrons. The minimum Gasteiger partial charge on any atom is -0.394 e. The normalized spacial score (nSPS) is 13.4. The van der Waals surface area contributed by atoms with Crippen molar-refractivity contribution in [3.63, 3.8) is 0 Å². The molecule has 0 bridgehead atoms. The highest BCUT2D eigenvalue weighted by Crippen LogP contribution is 1.94. The summed E-state index contributed by atoms with van der Waals surface area (Å²) in [5, 5.41) is 17.0. The molecular weight excluding hydrogens is 148 g/mol. The van der Waals surface area contributed by atoms with E-state index >= 15 is 0 Å². The van der Waals surface area contributed by atoms with Gasteiger partial charge in [0.2, 0.25) is 0 Å². The van der Waals surface area contributed by atoms with Crippen molar-refractivity contribution in [1.82, 2.24) is 0 Å². The van der Waals surface area contributed by atoms with E-state index < -0.39 is 6.29 Å². The summed E-state index contributed by atoms with van der Waals surface area (Å²) in [5.74, 6) is 0. The van der Waals surface area contributed by atoms with Crippen LogP contribution in [-0.4, -0.2) is 42.9 Å². The number of hydrogen-bond acceptors (Lipinski definition) is 4. The quantitative estimate of drug-likeness (QED) is 0.509. The lowest BCUT2D eigenvalue weighted by Gasteiger charge is -2.14. The molecule has 0 aliphatic heterocycles. The van der Waals surface area contributed by atoms with Crippen LogP contribution in [0, 0.1) is 0 Å². The van der Waals surface area contributed by atoms with E-state index in [-0.39, 0.29) is 19.8 Å². The van der Waals surface area contributed by atoms with Gasteiger partial charge in [-0.05, 0) is 6.42 Å². The molecule has 0 aromatic carbocycles. The van der Waals surface area contributed by atoms with Crippen LogP contribution in [0.1, 0.15) is 13.3 Å². The van der Waals surface area contributed by atoms with Gasteiger partial charge in [-0.2, -0.15) is 0 Å². The molecule has 0 saturated heterocycles. The Morgan fingerprint density at radius 2 is 1.82 bits per heavy atom. The number of hydrogen-bond donors (Lipinski definition) is 2. The van der Waals surface area contributed by atoms with Crippen molar-refractivity contribution >= 4 is 0 Å². The average molecular weight is 164 g/mol. The predicted molar refractivity (Wildman–Crippen MR) is 40.2 cm³/mol. The fourth-order valence-electron chi connectivity index (χ4n) is 0.587. The molecule has 0 aromatic heterocycles. The Morgan fingerprint density at radius 1 is 1.18 bits per heavy atom. The molecule has 4 nitrogen and oxygen atoms in total. The number of aliphatic hydroxyl groups is 2. The van der Waals surface area contributed by atoms with Gasteiger partial charge in [0.15, 0.2) is 6.29 Å². The highest BCUT2D eigenvalue weighted by atomic mass is 16.7. The molecule has 0 aliphatic rings. The van der Waals surface area contributed by atoms with Gasteiger partial charge in [0, 0.05) is 6.61 Å². The third kappa shape index (κ3) is 6.25. The van der Waals surface area contributed by atoms with Crippen molar-refractivity contribution in [1.29, 1.82) is 0 Å². The van der Waals surface area contributed by atoms with Gasteiger partial charge in [-0.15, -0.1) is 0 Å². The fourth-order valence-corrected chi connectivity index (χ4v) is 0.587. The lowest BCUT2D eigenvalue weighted by Crippen LogP contribution is -2.23.